The van der Waals surface area contributed by atoms with Crippen LogP contribution in [0.1, 0.15) is 67.6 Å². The van der Waals surface area contributed by atoms with Gasteiger partial charge < -0.3 is 10.4 Å². The summed E-state index contributed by atoms with van der Waals surface area (Å²) in [5.74, 6) is -1.45. The van der Waals surface area contributed by atoms with Gasteiger partial charge in [-0.3, -0.25) is 19.6 Å². The van der Waals surface area contributed by atoms with Gasteiger partial charge in [-0.2, -0.15) is 8.42 Å². The van der Waals surface area contributed by atoms with Crippen molar-refractivity contribution in [1.82, 2.24) is 5.32 Å². The number of nitrogens with zero attached hydrogens (tertiary/aromatic N) is 1. The fourth-order valence-corrected chi connectivity index (χ4v) is 7.34. The molecule has 0 fully saturated rings. The highest BCUT2D eigenvalue weighted by molar-refractivity contribution is 7.92. The summed E-state index contributed by atoms with van der Waals surface area (Å²) in [5.41, 5.74) is 0.343. The molecule has 5 rings (SSSR count). The van der Waals surface area contributed by atoms with E-state index < -0.39 is 37.1 Å². The maximum absolute atomic E-state index is 14.8. The summed E-state index contributed by atoms with van der Waals surface area (Å²) < 4.78 is 56.5. The van der Waals surface area contributed by atoms with Gasteiger partial charge in [0, 0.05) is 23.4 Å². The van der Waals surface area contributed by atoms with Crippen LogP contribution in [0.25, 0.3) is 5.76 Å². The lowest BCUT2D eigenvalue weighted by Gasteiger charge is -2.41. The topological polar surface area (TPSA) is 171 Å². The van der Waals surface area contributed by atoms with Gasteiger partial charge in [-0.15, -0.1) is 4.40 Å². The molecule has 1 aliphatic carbocycles. The number of rotatable bonds is 9. The second-order valence-corrected chi connectivity index (χ2v) is 16.1. The molecule has 0 spiro atoms. The number of nitrogens with one attached hydrogen (secondary N) is 3. The lowest BCUT2D eigenvalue weighted by atomic mass is 9.69. The summed E-state index contributed by atoms with van der Waals surface area (Å²) in [5, 5.41) is 17.9. The summed E-state index contributed by atoms with van der Waals surface area (Å²) >= 11 is 0. The van der Waals surface area contributed by atoms with Crippen molar-refractivity contribution >= 4 is 54.6 Å². The number of hydrogen-bond donors (Lipinski definition) is 4. The Morgan fingerprint density at radius 2 is 1.76 bits per heavy atom. The zero-order valence-corrected chi connectivity index (χ0v) is 27.8. The number of fused-ring (bicyclic) bond motifs is 2. The summed E-state index contributed by atoms with van der Waals surface area (Å²) in [7, 11) is -8.13. The Balaban J connectivity index is 1.64. The number of hydrogen-bond acceptors (Lipinski definition) is 9. The third kappa shape index (κ3) is 6.62. The van der Waals surface area contributed by atoms with Crippen LogP contribution in [0.5, 0.6) is 0 Å². The first-order chi connectivity index (χ1) is 21.4. The zero-order valence-electron chi connectivity index (χ0n) is 26.1. The first kappa shape index (κ1) is 33.0. The Morgan fingerprint density at radius 1 is 1.04 bits per heavy atom. The monoisotopic (exact) mass is 664 g/mol. The third-order valence-electron chi connectivity index (χ3n) is 7.94. The van der Waals surface area contributed by atoms with Crippen LogP contribution in [-0.2, 0) is 36.9 Å². The van der Waals surface area contributed by atoms with Crippen molar-refractivity contribution in [3.63, 3.8) is 0 Å². The first-order valence-corrected chi connectivity index (χ1v) is 17.9. The van der Waals surface area contributed by atoms with Crippen molar-refractivity contribution in [3.05, 3.63) is 94.6 Å². The van der Waals surface area contributed by atoms with Crippen LogP contribution in [0.3, 0.4) is 0 Å². The van der Waals surface area contributed by atoms with E-state index in [1.165, 1.54) is 19.1 Å². The van der Waals surface area contributed by atoms with Crippen molar-refractivity contribution in [2.75, 3.05) is 16.3 Å². The number of aliphatic hydroxyl groups is 1. The van der Waals surface area contributed by atoms with Crippen molar-refractivity contribution in [1.29, 1.82) is 0 Å². The fourth-order valence-electron chi connectivity index (χ4n) is 5.63. The van der Waals surface area contributed by atoms with Crippen LogP contribution in [0.4, 0.5) is 11.4 Å². The van der Waals surface area contributed by atoms with E-state index in [0.717, 1.165) is 17.9 Å². The molecular formula is C33H36N4O7S2. The Kier molecular flexibility index (Phi) is 8.47. The third-order valence-corrected chi connectivity index (χ3v) is 9.86. The van der Waals surface area contributed by atoms with E-state index >= 15 is 0 Å². The van der Waals surface area contributed by atoms with Gasteiger partial charge in [0.25, 0.3) is 10.0 Å². The van der Waals surface area contributed by atoms with Gasteiger partial charge in [0.05, 0.1) is 11.9 Å². The van der Waals surface area contributed by atoms with Crippen molar-refractivity contribution < 1.29 is 31.5 Å². The number of aliphatic hydroxyl groups excluding tert-OH is 1. The summed E-state index contributed by atoms with van der Waals surface area (Å²) in [6, 6.07) is 17.9. The molecule has 46 heavy (non-hydrogen) atoms. The molecular weight excluding hydrogens is 629 g/mol. The van der Waals surface area contributed by atoms with E-state index in [0.29, 0.717) is 29.5 Å². The van der Waals surface area contributed by atoms with E-state index in [2.05, 4.69) is 19.8 Å². The van der Waals surface area contributed by atoms with Crippen LogP contribution >= 0.6 is 0 Å². The second-order valence-electron chi connectivity index (χ2n) is 12.8. The standard InChI is InChI=1S/C33H36N4O7S2/c1-20(38)22-10-8-9-21(17-22)19-34-33(16-15-32(2,3)4)25-12-7-6-11-24(25)29(39)28(30(33)40)31-35-26-14-13-23(36-45(5,41)42)18-27(26)46(43,44)37-31/h6-14,17-18,34,36,39H,15-16,19H2,1-5H3,(H,35,37). The lowest BCUT2D eigenvalue weighted by molar-refractivity contribution is -0.122. The molecule has 0 bridgehead atoms. The molecule has 0 amide bonds. The van der Waals surface area contributed by atoms with Gasteiger partial charge in [-0.1, -0.05) is 63.2 Å². The number of Topliss-reactive ketones (excluding diaryl/α,β-unsaturated/α-hetero) is 2. The molecule has 1 heterocycles. The quantitative estimate of drug-likeness (QED) is 0.226. The van der Waals surface area contributed by atoms with Crippen molar-refractivity contribution in [2.24, 2.45) is 9.81 Å². The van der Waals surface area contributed by atoms with Gasteiger partial charge >= 0.3 is 0 Å². The molecule has 1 aliphatic heterocycles. The molecule has 1 unspecified atom stereocenters. The molecule has 1 atom stereocenters. The Hall–Kier alpha value is -4.33. The van der Waals surface area contributed by atoms with E-state index in [-0.39, 0.29) is 45.4 Å². The molecule has 13 heteroatoms. The zero-order chi connectivity index (χ0) is 33.7. The average Bonchev–Trinajstić information content (AvgIpc) is 2.96. The second kappa shape index (κ2) is 11.8. The Labute approximate surface area is 269 Å². The van der Waals surface area contributed by atoms with Crippen LogP contribution in [0.15, 0.2) is 81.6 Å². The molecule has 3 aromatic carbocycles. The number of ketones is 2. The first-order valence-electron chi connectivity index (χ1n) is 14.6. The van der Waals surface area contributed by atoms with Crippen LogP contribution in [-0.4, -0.2) is 45.6 Å². The maximum Gasteiger partial charge on any atom is 0.286 e. The molecule has 0 saturated heterocycles. The maximum atomic E-state index is 14.8. The SMILES string of the molecule is CC(=O)c1cccc(CNC2(CCC(C)(C)C)C(=O)C(C3=NS(=O)(=O)c4cc(NS(C)(=O)=O)ccc4N3)=C(O)c3ccccc32)c1. The fraction of sp³-hybridized carbons (Fsp3) is 0.303. The highest BCUT2D eigenvalue weighted by Crippen LogP contribution is 2.44. The van der Waals surface area contributed by atoms with Gasteiger partial charge in [0.2, 0.25) is 10.0 Å². The molecule has 2 aliphatic rings. The minimum Gasteiger partial charge on any atom is -0.506 e. The summed E-state index contributed by atoms with van der Waals surface area (Å²) in [6.07, 6.45) is 1.82. The van der Waals surface area contributed by atoms with E-state index in [9.17, 15) is 31.5 Å². The van der Waals surface area contributed by atoms with Crippen molar-refractivity contribution in [2.45, 2.75) is 57.5 Å². The van der Waals surface area contributed by atoms with E-state index in [4.69, 9.17) is 0 Å². The molecule has 0 aromatic heterocycles. The van der Waals surface area contributed by atoms with Crippen molar-refractivity contribution in [3.8, 4) is 0 Å². The number of carbonyl (C=O) groups excluding carboxylic acids is 2. The molecule has 0 saturated carbocycles. The smallest absolute Gasteiger partial charge is 0.286 e. The van der Waals surface area contributed by atoms with E-state index in [1.54, 1.807) is 42.5 Å². The van der Waals surface area contributed by atoms with Gasteiger partial charge in [0.15, 0.2) is 17.4 Å². The lowest BCUT2D eigenvalue weighted by Crippen LogP contribution is -2.53. The summed E-state index contributed by atoms with van der Waals surface area (Å²) in [4.78, 5) is 26.6. The largest absolute Gasteiger partial charge is 0.506 e. The van der Waals surface area contributed by atoms with Gasteiger partial charge in [0.1, 0.15) is 21.8 Å². The molecule has 3 aromatic rings. The van der Waals surface area contributed by atoms with Gasteiger partial charge in [-0.25, -0.2) is 8.42 Å². The minimum absolute atomic E-state index is 0.0225. The number of amidine groups is 1. The number of sulfonamides is 2. The molecule has 4 N–H and O–H groups in total. The average molecular weight is 665 g/mol. The predicted octanol–water partition coefficient (Wildman–Crippen LogP) is 5.14. The molecule has 11 nitrogen and oxygen atoms in total. The highest BCUT2D eigenvalue weighted by Gasteiger charge is 2.49. The predicted molar refractivity (Wildman–Crippen MR) is 178 cm³/mol. The van der Waals surface area contributed by atoms with Crippen LogP contribution in [0, 0.1) is 5.41 Å². The van der Waals surface area contributed by atoms with E-state index in [1.807, 2.05) is 26.8 Å². The number of benzene rings is 3. The Morgan fingerprint density at radius 3 is 2.43 bits per heavy atom. The number of anilines is 2. The van der Waals surface area contributed by atoms with Crippen LogP contribution in [0.2, 0.25) is 0 Å². The minimum atomic E-state index is -4.44. The summed E-state index contributed by atoms with van der Waals surface area (Å²) in [6.45, 7) is 7.82. The highest BCUT2D eigenvalue weighted by atomic mass is 32.2. The number of carbonyl (C=O) groups is 2. The van der Waals surface area contributed by atoms with Gasteiger partial charge in [-0.05, 0) is 60.6 Å². The normalized spacial score (nSPS) is 19.1. The van der Waals surface area contributed by atoms with Crippen LogP contribution < -0.4 is 15.4 Å². The molecule has 242 valence electrons. The molecule has 0 radical (unpaired) electrons. The Bertz CT molecular complexity index is 2050.